The quantitative estimate of drug-likeness (QED) is 0.537. The van der Waals surface area contributed by atoms with E-state index in [-0.39, 0.29) is 0 Å². The monoisotopic (exact) mass is 226 g/mol. The van der Waals surface area contributed by atoms with Gasteiger partial charge in [0.2, 0.25) is 0 Å². The van der Waals surface area contributed by atoms with Crippen molar-refractivity contribution in [3.8, 4) is 0 Å². The molecule has 1 saturated carbocycles. The molecule has 2 nitrogen and oxygen atoms in total. The lowest BCUT2D eigenvalue weighted by Crippen LogP contribution is -2.43. The number of hydrogen-bond donors (Lipinski definition) is 2. The lowest BCUT2D eigenvalue weighted by Gasteiger charge is -2.34. The zero-order valence-corrected chi connectivity index (χ0v) is 11.3. The molecule has 1 aliphatic carbocycles. The summed E-state index contributed by atoms with van der Waals surface area (Å²) in [6.45, 7) is 6.87. The predicted octanol–water partition coefficient (Wildman–Crippen LogP) is 3.47. The molecule has 0 aromatic heterocycles. The highest BCUT2D eigenvalue weighted by Gasteiger charge is 2.26. The molecule has 1 rings (SSSR count). The zero-order chi connectivity index (χ0) is 12.0. The lowest BCUT2D eigenvalue weighted by atomic mass is 9.75. The van der Waals surface area contributed by atoms with Crippen LogP contribution in [0.3, 0.4) is 0 Å². The molecule has 0 heterocycles. The molecule has 0 amide bonds. The zero-order valence-electron chi connectivity index (χ0n) is 11.3. The van der Waals surface area contributed by atoms with Gasteiger partial charge >= 0.3 is 0 Å². The molecule has 3 N–H and O–H groups in total. The number of hydrogen-bond acceptors (Lipinski definition) is 2. The van der Waals surface area contributed by atoms with E-state index in [2.05, 4.69) is 26.2 Å². The summed E-state index contributed by atoms with van der Waals surface area (Å²) in [5.41, 5.74) is 3.05. The van der Waals surface area contributed by atoms with Gasteiger partial charge < -0.3 is 0 Å². The highest BCUT2D eigenvalue weighted by atomic mass is 15.2. The SMILES string of the molecule is CCCC1CCC(C(CC(C)C)NN)CC1. The Bertz CT molecular complexity index is 172. The van der Waals surface area contributed by atoms with Gasteiger partial charge in [-0.15, -0.1) is 0 Å². The normalized spacial score (nSPS) is 28.3. The van der Waals surface area contributed by atoms with E-state index in [4.69, 9.17) is 5.84 Å². The van der Waals surface area contributed by atoms with Crippen LogP contribution < -0.4 is 11.3 Å². The summed E-state index contributed by atoms with van der Waals surface area (Å²) in [6.07, 6.45) is 9.61. The van der Waals surface area contributed by atoms with E-state index in [0.717, 1.165) is 17.8 Å². The molecule has 0 aromatic rings. The molecule has 96 valence electrons. The second-order valence-electron chi connectivity index (χ2n) is 5.97. The lowest BCUT2D eigenvalue weighted by molar-refractivity contribution is 0.198. The highest BCUT2D eigenvalue weighted by Crippen LogP contribution is 2.34. The first-order chi connectivity index (χ1) is 7.67. The first-order valence-electron chi connectivity index (χ1n) is 7.13. The summed E-state index contributed by atoms with van der Waals surface area (Å²) in [7, 11) is 0. The van der Waals surface area contributed by atoms with Crippen LogP contribution in [0.2, 0.25) is 0 Å². The minimum absolute atomic E-state index is 0.544. The fraction of sp³-hybridized carbons (Fsp3) is 1.00. The van der Waals surface area contributed by atoms with Crippen molar-refractivity contribution in [3.63, 3.8) is 0 Å². The number of hydrazine groups is 1. The van der Waals surface area contributed by atoms with Crippen LogP contribution in [0, 0.1) is 17.8 Å². The van der Waals surface area contributed by atoms with Gasteiger partial charge in [-0.25, -0.2) is 0 Å². The summed E-state index contributed by atoms with van der Waals surface area (Å²) >= 11 is 0. The van der Waals surface area contributed by atoms with Crippen molar-refractivity contribution in [2.45, 2.75) is 71.8 Å². The van der Waals surface area contributed by atoms with E-state index in [0.29, 0.717) is 6.04 Å². The number of rotatable bonds is 6. The molecular weight excluding hydrogens is 196 g/mol. The van der Waals surface area contributed by atoms with Crippen molar-refractivity contribution >= 4 is 0 Å². The average Bonchev–Trinajstić information content (AvgIpc) is 2.27. The first-order valence-corrected chi connectivity index (χ1v) is 7.13. The number of nitrogens with one attached hydrogen (secondary N) is 1. The van der Waals surface area contributed by atoms with Crippen molar-refractivity contribution in [2.24, 2.45) is 23.6 Å². The molecule has 0 spiro atoms. The van der Waals surface area contributed by atoms with Gasteiger partial charge in [0.15, 0.2) is 0 Å². The predicted molar refractivity (Wildman–Crippen MR) is 70.9 cm³/mol. The van der Waals surface area contributed by atoms with Crippen LogP contribution in [0.5, 0.6) is 0 Å². The standard InChI is InChI=1S/C14H30N2/c1-4-5-12-6-8-13(9-7-12)14(16-15)10-11(2)3/h11-14,16H,4-10,15H2,1-3H3. The van der Waals surface area contributed by atoms with Crippen LogP contribution in [0.1, 0.15) is 65.7 Å². The van der Waals surface area contributed by atoms with E-state index in [1.807, 2.05) is 0 Å². The summed E-state index contributed by atoms with van der Waals surface area (Å²) in [4.78, 5) is 0. The van der Waals surface area contributed by atoms with Gasteiger partial charge in [0.1, 0.15) is 0 Å². The van der Waals surface area contributed by atoms with Gasteiger partial charge in [-0.1, -0.05) is 46.5 Å². The Balaban J connectivity index is 2.32. The van der Waals surface area contributed by atoms with E-state index < -0.39 is 0 Å². The topological polar surface area (TPSA) is 38.0 Å². The third kappa shape index (κ3) is 4.42. The largest absolute Gasteiger partial charge is 0.271 e. The van der Waals surface area contributed by atoms with E-state index in [1.54, 1.807) is 0 Å². The van der Waals surface area contributed by atoms with Gasteiger partial charge in [0.25, 0.3) is 0 Å². The average molecular weight is 226 g/mol. The third-order valence-electron chi connectivity index (χ3n) is 4.10. The molecule has 1 aliphatic rings. The summed E-state index contributed by atoms with van der Waals surface area (Å²) in [5.74, 6) is 8.26. The van der Waals surface area contributed by atoms with Crippen molar-refractivity contribution in [1.82, 2.24) is 5.43 Å². The van der Waals surface area contributed by atoms with Gasteiger partial charge in [-0.3, -0.25) is 11.3 Å². The fourth-order valence-electron chi connectivity index (χ4n) is 3.19. The smallest absolute Gasteiger partial charge is 0.0241 e. The van der Waals surface area contributed by atoms with E-state index in [1.165, 1.54) is 44.9 Å². The van der Waals surface area contributed by atoms with Gasteiger partial charge in [0.05, 0.1) is 0 Å². The minimum atomic E-state index is 0.544. The maximum atomic E-state index is 5.70. The second-order valence-corrected chi connectivity index (χ2v) is 5.97. The molecule has 2 heteroatoms. The third-order valence-corrected chi connectivity index (χ3v) is 4.10. The number of nitrogens with two attached hydrogens (primary N) is 1. The van der Waals surface area contributed by atoms with Crippen LogP contribution in [0.25, 0.3) is 0 Å². The Kier molecular flexibility index (Phi) is 6.37. The summed E-state index contributed by atoms with van der Waals surface area (Å²) in [6, 6.07) is 0.544. The molecule has 16 heavy (non-hydrogen) atoms. The van der Waals surface area contributed by atoms with Crippen molar-refractivity contribution < 1.29 is 0 Å². The van der Waals surface area contributed by atoms with Crippen LogP contribution in [0.4, 0.5) is 0 Å². The van der Waals surface area contributed by atoms with Crippen LogP contribution in [-0.4, -0.2) is 6.04 Å². The van der Waals surface area contributed by atoms with E-state index >= 15 is 0 Å². The fourth-order valence-corrected chi connectivity index (χ4v) is 3.19. The second kappa shape index (κ2) is 7.29. The van der Waals surface area contributed by atoms with Crippen LogP contribution >= 0.6 is 0 Å². The molecule has 0 saturated heterocycles. The Hall–Kier alpha value is -0.0800. The first kappa shape index (κ1) is 14.0. The summed E-state index contributed by atoms with van der Waals surface area (Å²) < 4.78 is 0. The molecule has 1 unspecified atom stereocenters. The van der Waals surface area contributed by atoms with Crippen LogP contribution in [-0.2, 0) is 0 Å². The molecule has 0 aliphatic heterocycles. The Morgan fingerprint density at radius 3 is 2.25 bits per heavy atom. The Morgan fingerprint density at radius 1 is 1.19 bits per heavy atom. The molecule has 0 bridgehead atoms. The van der Waals surface area contributed by atoms with Crippen molar-refractivity contribution in [2.75, 3.05) is 0 Å². The molecule has 1 atom stereocenters. The Labute approximate surface area is 101 Å². The summed E-state index contributed by atoms with van der Waals surface area (Å²) in [5, 5.41) is 0. The van der Waals surface area contributed by atoms with Gasteiger partial charge in [-0.05, 0) is 37.0 Å². The maximum absolute atomic E-state index is 5.70. The van der Waals surface area contributed by atoms with E-state index in [9.17, 15) is 0 Å². The molecule has 1 fully saturated rings. The Morgan fingerprint density at radius 2 is 1.81 bits per heavy atom. The van der Waals surface area contributed by atoms with Crippen molar-refractivity contribution in [3.05, 3.63) is 0 Å². The van der Waals surface area contributed by atoms with Crippen molar-refractivity contribution in [1.29, 1.82) is 0 Å². The highest BCUT2D eigenvalue weighted by molar-refractivity contribution is 4.81. The molecule has 0 radical (unpaired) electrons. The van der Waals surface area contributed by atoms with Crippen LogP contribution in [0.15, 0.2) is 0 Å². The molecular formula is C14H30N2. The van der Waals surface area contributed by atoms with Gasteiger partial charge in [-0.2, -0.15) is 0 Å². The molecule has 0 aromatic carbocycles. The minimum Gasteiger partial charge on any atom is -0.271 e. The van der Waals surface area contributed by atoms with Gasteiger partial charge in [0, 0.05) is 6.04 Å². The maximum Gasteiger partial charge on any atom is 0.0241 e.